The molecular weight excluding hydrogens is 336 g/mol. The predicted molar refractivity (Wildman–Crippen MR) is 97.1 cm³/mol. The third kappa shape index (κ3) is 3.97. The molecule has 25 heavy (non-hydrogen) atoms. The SMILES string of the molecule is N#Cc1ccc(C(=O)Nc2ccccc2Oc2ccccc2Cl)cc1. The van der Waals surface area contributed by atoms with Crippen molar-refractivity contribution in [1.82, 2.24) is 0 Å². The summed E-state index contributed by atoms with van der Waals surface area (Å²) in [6, 6.07) is 22.6. The summed E-state index contributed by atoms with van der Waals surface area (Å²) >= 11 is 6.12. The van der Waals surface area contributed by atoms with Gasteiger partial charge in [-0.15, -0.1) is 0 Å². The Kier molecular flexibility index (Phi) is 4.98. The van der Waals surface area contributed by atoms with Gasteiger partial charge < -0.3 is 10.1 Å². The highest BCUT2D eigenvalue weighted by atomic mass is 35.5. The van der Waals surface area contributed by atoms with Gasteiger partial charge in [-0.05, 0) is 48.5 Å². The van der Waals surface area contributed by atoms with E-state index in [2.05, 4.69) is 5.32 Å². The van der Waals surface area contributed by atoms with Gasteiger partial charge in [0.15, 0.2) is 5.75 Å². The molecule has 0 saturated carbocycles. The van der Waals surface area contributed by atoms with E-state index in [4.69, 9.17) is 21.6 Å². The number of anilines is 1. The molecular formula is C20H13ClN2O2. The summed E-state index contributed by atoms with van der Waals surface area (Å²) in [4.78, 5) is 12.4. The van der Waals surface area contributed by atoms with Crippen molar-refractivity contribution in [2.24, 2.45) is 0 Å². The molecule has 3 rings (SSSR count). The Hall–Kier alpha value is -3.29. The molecule has 122 valence electrons. The molecule has 0 atom stereocenters. The second-order valence-electron chi connectivity index (χ2n) is 5.17. The molecule has 0 unspecified atom stereocenters. The summed E-state index contributed by atoms with van der Waals surface area (Å²) < 4.78 is 5.82. The van der Waals surface area contributed by atoms with E-state index in [1.54, 1.807) is 54.6 Å². The molecule has 0 aliphatic heterocycles. The molecule has 3 aromatic rings. The Morgan fingerprint density at radius 1 is 0.920 bits per heavy atom. The van der Waals surface area contributed by atoms with Crippen LogP contribution in [0.5, 0.6) is 11.5 Å². The van der Waals surface area contributed by atoms with E-state index in [0.717, 1.165) is 0 Å². The Balaban J connectivity index is 1.82. The number of hydrogen-bond donors (Lipinski definition) is 1. The molecule has 0 spiro atoms. The average molecular weight is 349 g/mol. The zero-order valence-electron chi connectivity index (χ0n) is 13.1. The molecule has 0 aliphatic carbocycles. The second-order valence-corrected chi connectivity index (χ2v) is 5.58. The quantitative estimate of drug-likeness (QED) is 0.699. The first-order chi connectivity index (χ1) is 12.2. The van der Waals surface area contributed by atoms with Crippen molar-refractivity contribution in [3.63, 3.8) is 0 Å². The van der Waals surface area contributed by atoms with Gasteiger partial charge in [0.25, 0.3) is 5.91 Å². The molecule has 0 bridgehead atoms. The van der Waals surface area contributed by atoms with Gasteiger partial charge in [0, 0.05) is 5.56 Å². The van der Waals surface area contributed by atoms with E-state index in [0.29, 0.717) is 33.3 Å². The first-order valence-corrected chi connectivity index (χ1v) is 7.88. The van der Waals surface area contributed by atoms with E-state index in [1.165, 1.54) is 0 Å². The zero-order valence-corrected chi connectivity index (χ0v) is 13.8. The van der Waals surface area contributed by atoms with Crippen LogP contribution in [0.3, 0.4) is 0 Å². The fourth-order valence-corrected chi connectivity index (χ4v) is 2.37. The molecule has 0 saturated heterocycles. The first-order valence-electron chi connectivity index (χ1n) is 7.50. The molecule has 0 radical (unpaired) electrons. The fraction of sp³-hybridized carbons (Fsp3) is 0. The Morgan fingerprint density at radius 3 is 2.24 bits per heavy atom. The van der Waals surface area contributed by atoms with Crippen LogP contribution < -0.4 is 10.1 Å². The molecule has 4 nitrogen and oxygen atoms in total. The molecule has 5 heteroatoms. The van der Waals surface area contributed by atoms with Gasteiger partial charge >= 0.3 is 0 Å². The van der Waals surface area contributed by atoms with Crippen LogP contribution in [0.1, 0.15) is 15.9 Å². The number of nitrogens with one attached hydrogen (secondary N) is 1. The molecule has 0 aliphatic rings. The maximum Gasteiger partial charge on any atom is 0.255 e. The minimum absolute atomic E-state index is 0.292. The summed E-state index contributed by atoms with van der Waals surface area (Å²) in [5, 5.41) is 12.1. The van der Waals surface area contributed by atoms with Crippen molar-refractivity contribution in [2.45, 2.75) is 0 Å². The summed E-state index contributed by atoms with van der Waals surface area (Å²) in [6.07, 6.45) is 0. The summed E-state index contributed by atoms with van der Waals surface area (Å²) in [7, 11) is 0. The third-order valence-corrected chi connectivity index (χ3v) is 3.78. The minimum atomic E-state index is -0.292. The Labute approximate surface area is 150 Å². The van der Waals surface area contributed by atoms with E-state index in [1.807, 2.05) is 24.3 Å². The number of carbonyl (C=O) groups excluding carboxylic acids is 1. The second kappa shape index (κ2) is 7.52. The van der Waals surface area contributed by atoms with Crippen molar-refractivity contribution in [3.8, 4) is 17.6 Å². The number of rotatable bonds is 4. The maximum absolute atomic E-state index is 12.4. The number of amides is 1. The lowest BCUT2D eigenvalue weighted by Gasteiger charge is -2.13. The number of nitrogens with zero attached hydrogens (tertiary/aromatic N) is 1. The third-order valence-electron chi connectivity index (χ3n) is 3.47. The zero-order chi connectivity index (χ0) is 17.6. The number of carbonyl (C=O) groups is 1. The summed E-state index contributed by atoms with van der Waals surface area (Å²) in [5.41, 5.74) is 1.47. The van der Waals surface area contributed by atoms with Gasteiger partial charge in [-0.3, -0.25) is 4.79 Å². The minimum Gasteiger partial charge on any atom is -0.454 e. The lowest BCUT2D eigenvalue weighted by Crippen LogP contribution is -2.12. The van der Waals surface area contributed by atoms with Crippen LogP contribution in [0.25, 0.3) is 0 Å². The van der Waals surface area contributed by atoms with E-state index in [-0.39, 0.29) is 5.91 Å². The van der Waals surface area contributed by atoms with Crippen LogP contribution in [0.4, 0.5) is 5.69 Å². The van der Waals surface area contributed by atoms with E-state index in [9.17, 15) is 4.79 Å². The standard InChI is InChI=1S/C20H13ClN2O2/c21-16-5-1-3-7-18(16)25-19-8-4-2-6-17(19)23-20(24)15-11-9-14(13-22)10-12-15/h1-12H,(H,23,24). The number of hydrogen-bond acceptors (Lipinski definition) is 3. The van der Waals surface area contributed by atoms with Gasteiger partial charge in [-0.2, -0.15) is 5.26 Å². The Morgan fingerprint density at radius 2 is 1.56 bits per heavy atom. The first kappa shape index (κ1) is 16.6. The topological polar surface area (TPSA) is 62.1 Å². The lowest BCUT2D eigenvalue weighted by atomic mass is 10.1. The molecule has 1 amide bonds. The predicted octanol–water partition coefficient (Wildman–Crippen LogP) is 5.26. The molecule has 0 fully saturated rings. The monoisotopic (exact) mass is 348 g/mol. The van der Waals surface area contributed by atoms with Crippen LogP contribution in [-0.2, 0) is 0 Å². The highest BCUT2D eigenvalue weighted by molar-refractivity contribution is 6.32. The number of para-hydroxylation sites is 3. The van der Waals surface area contributed by atoms with Crippen molar-refractivity contribution >= 4 is 23.2 Å². The van der Waals surface area contributed by atoms with Crippen LogP contribution in [0.2, 0.25) is 5.02 Å². The van der Waals surface area contributed by atoms with Gasteiger partial charge in [-0.25, -0.2) is 0 Å². The van der Waals surface area contributed by atoms with Crippen LogP contribution in [0, 0.1) is 11.3 Å². The average Bonchev–Trinajstić information content (AvgIpc) is 2.65. The van der Waals surface area contributed by atoms with Gasteiger partial charge in [0.05, 0.1) is 22.3 Å². The van der Waals surface area contributed by atoms with Gasteiger partial charge in [0.2, 0.25) is 0 Å². The highest BCUT2D eigenvalue weighted by Crippen LogP contribution is 2.33. The molecule has 0 heterocycles. The van der Waals surface area contributed by atoms with Crippen LogP contribution in [-0.4, -0.2) is 5.91 Å². The van der Waals surface area contributed by atoms with Crippen molar-refractivity contribution in [1.29, 1.82) is 5.26 Å². The molecule has 0 aromatic heterocycles. The highest BCUT2D eigenvalue weighted by Gasteiger charge is 2.11. The van der Waals surface area contributed by atoms with Crippen LogP contribution >= 0.6 is 11.6 Å². The molecule has 1 N–H and O–H groups in total. The largest absolute Gasteiger partial charge is 0.454 e. The number of halogens is 1. The number of benzene rings is 3. The van der Waals surface area contributed by atoms with Crippen molar-refractivity contribution in [3.05, 3.63) is 88.9 Å². The van der Waals surface area contributed by atoms with Crippen LogP contribution in [0.15, 0.2) is 72.8 Å². The summed E-state index contributed by atoms with van der Waals surface area (Å²) in [5.74, 6) is 0.696. The number of nitriles is 1. The van der Waals surface area contributed by atoms with E-state index >= 15 is 0 Å². The Bertz CT molecular complexity index is 946. The summed E-state index contributed by atoms with van der Waals surface area (Å²) in [6.45, 7) is 0. The maximum atomic E-state index is 12.4. The lowest BCUT2D eigenvalue weighted by molar-refractivity contribution is 0.102. The van der Waals surface area contributed by atoms with Gasteiger partial charge in [0.1, 0.15) is 5.75 Å². The van der Waals surface area contributed by atoms with Crippen molar-refractivity contribution in [2.75, 3.05) is 5.32 Å². The molecule has 3 aromatic carbocycles. The number of ether oxygens (including phenoxy) is 1. The van der Waals surface area contributed by atoms with E-state index < -0.39 is 0 Å². The van der Waals surface area contributed by atoms with Crippen molar-refractivity contribution < 1.29 is 9.53 Å². The smallest absolute Gasteiger partial charge is 0.255 e. The fourth-order valence-electron chi connectivity index (χ4n) is 2.20. The normalized spacial score (nSPS) is 9.92. The van der Waals surface area contributed by atoms with Gasteiger partial charge in [-0.1, -0.05) is 35.9 Å².